The number of fused-ring (bicyclic) bond motifs is 1. The molecule has 100 valence electrons. The number of nitrogens with one attached hydrogen (secondary N) is 3. The maximum absolute atomic E-state index is 11.9. The first kappa shape index (κ1) is 13.1. The lowest BCUT2D eigenvalue weighted by Crippen LogP contribution is -2.30. The van der Waals surface area contributed by atoms with Crippen LogP contribution in [0.2, 0.25) is 0 Å². The fourth-order valence-electron chi connectivity index (χ4n) is 1.80. The lowest BCUT2D eigenvalue weighted by atomic mass is 10.2. The minimum absolute atomic E-state index is 0.0744. The summed E-state index contributed by atoms with van der Waals surface area (Å²) < 4.78 is 0. The van der Waals surface area contributed by atoms with Crippen LogP contribution in [0.1, 0.15) is 23.8 Å². The Labute approximate surface area is 110 Å². The molecule has 0 aliphatic carbocycles. The largest absolute Gasteiger partial charge is 0.356 e. The van der Waals surface area contributed by atoms with Gasteiger partial charge in [0.1, 0.15) is 0 Å². The molecule has 3 N–H and O–H groups in total. The first-order valence-electron chi connectivity index (χ1n) is 6.20. The summed E-state index contributed by atoms with van der Waals surface area (Å²) in [6, 6.07) is 7.41. The minimum atomic E-state index is -0.276. The fraction of sp³-hybridized carbons (Fsp3) is 0.308. The Hall–Kier alpha value is -2.37. The molecule has 0 saturated heterocycles. The smallest absolute Gasteiger partial charge is 0.272 e. The number of aromatic nitrogens is 2. The van der Waals surface area contributed by atoms with E-state index >= 15 is 0 Å². The van der Waals surface area contributed by atoms with E-state index in [4.69, 9.17) is 0 Å². The molecule has 2 aromatic rings. The van der Waals surface area contributed by atoms with Crippen molar-refractivity contribution < 1.29 is 9.59 Å². The molecule has 0 atom stereocenters. The van der Waals surface area contributed by atoms with Crippen molar-refractivity contribution in [3.05, 3.63) is 30.0 Å². The number of benzene rings is 1. The average Bonchev–Trinajstić information content (AvgIpc) is 2.82. The molecule has 6 heteroatoms. The first-order chi connectivity index (χ1) is 9.22. The number of nitrogens with zero attached hydrogens (tertiary/aromatic N) is 1. The molecule has 2 rings (SSSR count). The highest BCUT2D eigenvalue weighted by atomic mass is 16.2. The maximum atomic E-state index is 11.9. The first-order valence-corrected chi connectivity index (χ1v) is 6.20. The Morgan fingerprint density at radius 3 is 2.84 bits per heavy atom. The van der Waals surface area contributed by atoms with Crippen LogP contribution in [0.5, 0.6) is 0 Å². The van der Waals surface area contributed by atoms with Gasteiger partial charge in [0.25, 0.3) is 5.91 Å². The van der Waals surface area contributed by atoms with E-state index < -0.39 is 0 Å². The van der Waals surface area contributed by atoms with Crippen LogP contribution in [-0.2, 0) is 4.79 Å². The lowest BCUT2D eigenvalue weighted by Gasteiger charge is -2.03. The van der Waals surface area contributed by atoms with Crippen molar-refractivity contribution in [1.29, 1.82) is 0 Å². The number of carbonyl (C=O) groups excluding carboxylic acids is 2. The van der Waals surface area contributed by atoms with Crippen molar-refractivity contribution >= 4 is 22.7 Å². The predicted octanol–water partition coefficient (Wildman–Crippen LogP) is 0.819. The highest BCUT2D eigenvalue weighted by Crippen LogP contribution is 2.14. The van der Waals surface area contributed by atoms with Crippen molar-refractivity contribution in [2.45, 2.75) is 13.3 Å². The number of hydrogen-bond donors (Lipinski definition) is 3. The Balaban J connectivity index is 1.95. The van der Waals surface area contributed by atoms with Gasteiger partial charge in [-0.2, -0.15) is 5.10 Å². The molecule has 1 aromatic carbocycles. The Bertz CT molecular complexity index is 591. The summed E-state index contributed by atoms with van der Waals surface area (Å²) in [6.07, 6.45) is 0.266. The lowest BCUT2D eigenvalue weighted by molar-refractivity contribution is -0.120. The third kappa shape index (κ3) is 3.09. The molecular formula is C13H16N4O2. The van der Waals surface area contributed by atoms with Gasteiger partial charge in [-0.25, -0.2) is 0 Å². The van der Waals surface area contributed by atoms with Crippen LogP contribution in [0.15, 0.2) is 24.3 Å². The highest BCUT2D eigenvalue weighted by molar-refractivity contribution is 6.04. The second-order valence-electron chi connectivity index (χ2n) is 4.08. The SMILES string of the molecule is CCNC(=O)CCNC(=O)c1n[nH]c2ccccc12. The summed E-state index contributed by atoms with van der Waals surface area (Å²) in [6.45, 7) is 2.75. The van der Waals surface area contributed by atoms with Gasteiger partial charge in [0.15, 0.2) is 5.69 Å². The molecule has 6 nitrogen and oxygen atoms in total. The van der Waals surface area contributed by atoms with Gasteiger partial charge in [-0.3, -0.25) is 14.7 Å². The second kappa shape index (κ2) is 5.99. The van der Waals surface area contributed by atoms with Crippen molar-refractivity contribution in [2.75, 3.05) is 13.1 Å². The standard InChI is InChI=1S/C13H16N4O2/c1-2-14-11(18)7-8-15-13(19)12-9-5-3-4-6-10(9)16-17-12/h3-6H,2,7-8H2,1H3,(H,14,18)(H,15,19)(H,16,17). The quantitative estimate of drug-likeness (QED) is 0.743. The average molecular weight is 260 g/mol. The zero-order chi connectivity index (χ0) is 13.7. The summed E-state index contributed by atoms with van der Waals surface area (Å²) in [5.41, 5.74) is 1.17. The number of H-pyrrole nitrogens is 1. The van der Waals surface area contributed by atoms with E-state index in [9.17, 15) is 9.59 Å². The van der Waals surface area contributed by atoms with Gasteiger partial charge in [-0.05, 0) is 13.0 Å². The van der Waals surface area contributed by atoms with E-state index in [-0.39, 0.29) is 18.2 Å². The van der Waals surface area contributed by atoms with Gasteiger partial charge in [0, 0.05) is 24.9 Å². The maximum Gasteiger partial charge on any atom is 0.272 e. The van der Waals surface area contributed by atoms with E-state index in [1.807, 2.05) is 31.2 Å². The van der Waals surface area contributed by atoms with Crippen molar-refractivity contribution in [3.8, 4) is 0 Å². The number of rotatable bonds is 5. The molecule has 19 heavy (non-hydrogen) atoms. The van der Waals surface area contributed by atoms with Crippen LogP contribution in [0, 0.1) is 0 Å². The van der Waals surface area contributed by atoms with Crippen LogP contribution >= 0.6 is 0 Å². The number of carbonyl (C=O) groups is 2. The molecule has 1 aromatic heterocycles. The zero-order valence-corrected chi connectivity index (χ0v) is 10.7. The summed E-state index contributed by atoms with van der Waals surface area (Å²) >= 11 is 0. The third-order valence-corrected chi connectivity index (χ3v) is 2.70. The molecule has 0 aliphatic rings. The fourth-order valence-corrected chi connectivity index (χ4v) is 1.80. The molecule has 2 amide bonds. The molecule has 0 spiro atoms. The third-order valence-electron chi connectivity index (χ3n) is 2.70. The molecule has 0 aliphatic heterocycles. The zero-order valence-electron chi connectivity index (χ0n) is 10.7. The second-order valence-corrected chi connectivity index (χ2v) is 4.08. The highest BCUT2D eigenvalue weighted by Gasteiger charge is 2.13. The van der Waals surface area contributed by atoms with Crippen LogP contribution in [0.25, 0.3) is 10.9 Å². The van der Waals surface area contributed by atoms with E-state index in [1.165, 1.54) is 0 Å². The van der Waals surface area contributed by atoms with Crippen molar-refractivity contribution in [3.63, 3.8) is 0 Å². The normalized spacial score (nSPS) is 10.4. The van der Waals surface area contributed by atoms with Crippen LogP contribution in [-0.4, -0.2) is 35.1 Å². The Kier molecular flexibility index (Phi) is 4.12. The van der Waals surface area contributed by atoms with Gasteiger partial charge in [0.2, 0.25) is 5.91 Å². The summed E-state index contributed by atoms with van der Waals surface area (Å²) in [5, 5.41) is 12.9. The minimum Gasteiger partial charge on any atom is -0.356 e. The number of amides is 2. The number of aromatic amines is 1. The van der Waals surface area contributed by atoms with E-state index in [2.05, 4.69) is 20.8 Å². The van der Waals surface area contributed by atoms with E-state index in [1.54, 1.807) is 0 Å². The monoisotopic (exact) mass is 260 g/mol. The molecule has 0 radical (unpaired) electrons. The van der Waals surface area contributed by atoms with Crippen molar-refractivity contribution in [1.82, 2.24) is 20.8 Å². The van der Waals surface area contributed by atoms with Crippen molar-refractivity contribution in [2.24, 2.45) is 0 Å². The summed E-state index contributed by atoms with van der Waals surface area (Å²) in [7, 11) is 0. The predicted molar refractivity (Wildman–Crippen MR) is 71.7 cm³/mol. The van der Waals surface area contributed by atoms with Gasteiger partial charge in [0.05, 0.1) is 5.52 Å². The van der Waals surface area contributed by atoms with Gasteiger partial charge < -0.3 is 10.6 Å². The van der Waals surface area contributed by atoms with Gasteiger partial charge >= 0.3 is 0 Å². The van der Waals surface area contributed by atoms with E-state index in [0.717, 1.165) is 10.9 Å². The van der Waals surface area contributed by atoms with E-state index in [0.29, 0.717) is 18.8 Å². The Morgan fingerprint density at radius 1 is 1.26 bits per heavy atom. The Morgan fingerprint density at radius 2 is 2.05 bits per heavy atom. The molecule has 1 heterocycles. The number of para-hydroxylation sites is 1. The van der Waals surface area contributed by atoms with Gasteiger partial charge in [-0.15, -0.1) is 0 Å². The molecule has 0 fully saturated rings. The molecule has 0 saturated carbocycles. The summed E-state index contributed by atoms with van der Waals surface area (Å²) in [4.78, 5) is 23.2. The van der Waals surface area contributed by atoms with Gasteiger partial charge in [-0.1, -0.05) is 18.2 Å². The van der Waals surface area contributed by atoms with Crippen LogP contribution in [0.4, 0.5) is 0 Å². The number of hydrogen-bond acceptors (Lipinski definition) is 3. The molecule has 0 unspecified atom stereocenters. The topological polar surface area (TPSA) is 86.9 Å². The summed E-state index contributed by atoms with van der Waals surface area (Å²) in [5.74, 6) is -0.351. The molecular weight excluding hydrogens is 244 g/mol. The van der Waals surface area contributed by atoms with Crippen LogP contribution in [0.3, 0.4) is 0 Å². The van der Waals surface area contributed by atoms with Crippen LogP contribution < -0.4 is 10.6 Å². The molecule has 0 bridgehead atoms.